The lowest BCUT2D eigenvalue weighted by molar-refractivity contribution is 0.158. The molecular formula is C16H20N6O. The molecule has 3 aromatic rings. The molecule has 0 saturated carbocycles. The van der Waals surface area contributed by atoms with Crippen LogP contribution in [-0.2, 0) is 11.3 Å². The van der Waals surface area contributed by atoms with Gasteiger partial charge in [-0.3, -0.25) is 4.98 Å². The van der Waals surface area contributed by atoms with Gasteiger partial charge < -0.3 is 20.4 Å². The topological polar surface area (TPSA) is 90.9 Å². The van der Waals surface area contributed by atoms with Gasteiger partial charge in [0.2, 0.25) is 5.95 Å². The number of nitrogens with zero attached hydrogens (tertiary/aromatic N) is 4. The quantitative estimate of drug-likeness (QED) is 0.648. The van der Waals surface area contributed by atoms with Gasteiger partial charge in [-0.1, -0.05) is 6.07 Å². The molecule has 0 unspecified atom stereocenters. The van der Waals surface area contributed by atoms with Crippen LogP contribution in [0.3, 0.4) is 0 Å². The summed E-state index contributed by atoms with van der Waals surface area (Å²) in [6.45, 7) is 4.59. The number of rotatable bonds is 7. The summed E-state index contributed by atoms with van der Waals surface area (Å²) in [6.07, 6.45) is 3.76. The van der Waals surface area contributed by atoms with Crippen LogP contribution in [0.15, 0.2) is 36.7 Å². The summed E-state index contributed by atoms with van der Waals surface area (Å²) in [5, 5.41) is 3.28. The van der Waals surface area contributed by atoms with E-state index in [2.05, 4.69) is 24.8 Å². The molecule has 0 aromatic carbocycles. The van der Waals surface area contributed by atoms with Crippen molar-refractivity contribution in [2.45, 2.75) is 13.5 Å². The number of pyridine rings is 1. The van der Waals surface area contributed by atoms with Gasteiger partial charge in [-0.05, 0) is 25.1 Å². The zero-order valence-corrected chi connectivity index (χ0v) is 13.1. The van der Waals surface area contributed by atoms with Crippen LogP contribution in [0.2, 0.25) is 0 Å². The molecule has 0 aliphatic carbocycles. The zero-order chi connectivity index (χ0) is 16.1. The minimum Gasteiger partial charge on any atom is -0.380 e. The first-order chi connectivity index (χ1) is 11.3. The maximum Gasteiger partial charge on any atom is 0.222 e. The number of hydrogen-bond donors (Lipinski definition) is 2. The van der Waals surface area contributed by atoms with E-state index >= 15 is 0 Å². The summed E-state index contributed by atoms with van der Waals surface area (Å²) in [5.74, 6) is 0.972. The fourth-order valence-corrected chi connectivity index (χ4v) is 2.43. The Morgan fingerprint density at radius 2 is 2.17 bits per heavy atom. The Balaban J connectivity index is 1.89. The van der Waals surface area contributed by atoms with Crippen molar-refractivity contribution in [2.75, 3.05) is 30.8 Å². The molecule has 0 aliphatic heterocycles. The lowest BCUT2D eigenvalue weighted by Crippen LogP contribution is -2.13. The number of hydrogen-bond acceptors (Lipinski definition) is 6. The summed E-state index contributed by atoms with van der Waals surface area (Å²) in [5.41, 5.74) is 8.51. The van der Waals surface area contributed by atoms with Gasteiger partial charge in [0.1, 0.15) is 5.52 Å². The Morgan fingerprint density at radius 1 is 1.26 bits per heavy atom. The first-order valence-electron chi connectivity index (χ1n) is 7.62. The van der Waals surface area contributed by atoms with Gasteiger partial charge in [0.25, 0.3) is 0 Å². The highest BCUT2D eigenvalue weighted by molar-refractivity contribution is 5.87. The van der Waals surface area contributed by atoms with Gasteiger partial charge in [-0.25, -0.2) is 4.98 Å². The van der Waals surface area contributed by atoms with Crippen LogP contribution in [0.5, 0.6) is 0 Å². The number of ether oxygens (including phenoxy) is 1. The maximum absolute atomic E-state index is 5.80. The van der Waals surface area contributed by atoms with Crippen LogP contribution < -0.4 is 11.1 Å². The highest BCUT2D eigenvalue weighted by Gasteiger charge is 2.11. The molecule has 0 saturated heterocycles. The van der Waals surface area contributed by atoms with E-state index in [0.29, 0.717) is 32.1 Å². The molecular weight excluding hydrogens is 292 g/mol. The number of fused-ring (bicyclic) bond motifs is 1. The molecule has 0 atom stereocenters. The molecule has 7 heteroatoms. The molecule has 3 N–H and O–H groups in total. The Hall–Kier alpha value is -2.67. The number of aromatic nitrogens is 4. The fraction of sp³-hybridized carbons (Fsp3) is 0.312. The number of nitrogens with one attached hydrogen (secondary N) is 1. The van der Waals surface area contributed by atoms with E-state index < -0.39 is 0 Å². The highest BCUT2D eigenvalue weighted by atomic mass is 16.5. The second kappa shape index (κ2) is 7.06. The minimum absolute atomic E-state index is 0.256. The summed E-state index contributed by atoms with van der Waals surface area (Å²) in [7, 11) is 0. The van der Waals surface area contributed by atoms with Crippen molar-refractivity contribution in [3.63, 3.8) is 0 Å². The third-order valence-corrected chi connectivity index (χ3v) is 3.43. The third-order valence-electron chi connectivity index (χ3n) is 3.43. The maximum atomic E-state index is 5.80. The van der Waals surface area contributed by atoms with Crippen LogP contribution in [0, 0.1) is 0 Å². The number of anilines is 2. The van der Waals surface area contributed by atoms with Gasteiger partial charge >= 0.3 is 0 Å². The highest BCUT2D eigenvalue weighted by Crippen LogP contribution is 2.23. The van der Waals surface area contributed by atoms with Gasteiger partial charge in [0, 0.05) is 25.5 Å². The van der Waals surface area contributed by atoms with Gasteiger partial charge in [-0.15, -0.1) is 0 Å². The molecule has 0 spiro atoms. The summed E-state index contributed by atoms with van der Waals surface area (Å²) in [4.78, 5) is 13.0. The molecule has 3 aromatic heterocycles. The number of nitrogens with two attached hydrogens (primary N) is 1. The predicted molar refractivity (Wildman–Crippen MR) is 90.3 cm³/mol. The second-order valence-corrected chi connectivity index (χ2v) is 5.05. The third kappa shape index (κ3) is 3.57. The molecule has 0 amide bonds. The monoisotopic (exact) mass is 312 g/mol. The summed E-state index contributed by atoms with van der Waals surface area (Å²) >= 11 is 0. The molecule has 0 bridgehead atoms. The average molecular weight is 312 g/mol. The van der Waals surface area contributed by atoms with E-state index in [1.165, 1.54) is 0 Å². The molecule has 0 radical (unpaired) electrons. The van der Waals surface area contributed by atoms with Crippen molar-refractivity contribution in [2.24, 2.45) is 0 Å². The Kier molecular flexibility index (Phi) is 4.68. The first-order valence-corrected chi connectivity index (χ1v) is 7.62. The molecule has 0 aliphatic rings. The molecule has 3 rings (SSSR count). The second-order valence-electron chi connectivity index (χ2n) is 5.05. The Labute approximate surface area is 134 Å². The minimum atomic E-state index is 0.256. The van der Waals surface area contributed by atoms with Crippen LogP contribution >= 0.6 is 0 Å². The molecule has 3 heterocycles. The molecule has 120 valence electrons. The van der Waals surface area contributed by atoms with E-state index in [4.69, 9.17) is 10.5 Å². The standard InChI is InChI=1S/C16H20N6O/c1-2-23-10-8-19-15-14-13(20-16(17)21-15)6-9-22(14)11-12-5-3-4-7-18-12/h3-7,9H,2,8,10-11H2,1H3,(H3,17,19,20,21). The Morgan fingerprint density at radius 3 is 2.96 bits per heavy atom. The van der Waals surface area contributed by atoms with Crippen LogP contribution in [0.1, 0.15) is 12.6 Å². The van der Waals surface area contributed by atoms with Crippen molar-refractivity contribution in [1.29, 1.82) is 0 Å². The predicted octanol–water partition coefficient (Wildman–Crippen LogP) is 1.91. The lowest BCUT2D eigenvalue weighted by atomic mass is 10.3. The first kappa shape index (κ1) is 15.2. The van der Waals surface area contributed by atoms with Crippen LogP contribution in [0.25, 0.3) is 11.0 Å². The number of nitrogen functional groups attached to an aromatic ring is 1. The Bertz CT molecular complexity index is 771. The molecule has 0 fully saturated rings. The summed E-state index contributed by atoms with van der Waals surface area (Å²) in [6, 6.07) is 7.81. The van der Waals surface area contributed by atoms with Crippen molar-refractivity contribution >= 4 is 22.8 Å². The zero-order valence-electron chi connectivity index (χ0n) is 13.1. The van der Waals surface area contributed by atoms with E-state index in [9.17, 15) is 0 Å². The van der Waals surface area contributed by atoms with E-state index in [-0.39, 0.29) is 5.95 Å². The smallest absolute Gasteiger partial charge is 0.222 e. The van der Waals surface area contributed by atoms with Crippen molar-refractivity contribution in [1.82, 2.24) is 19.5 Å². The van der Waals surface area contributed by atoms with E-state index in [1.54, 1.807) is 6.20 Å². The van der Waals surface area contributed by atoms with Crippen molar-refractivity contribution in [3.05, 3.63) is 42.4 Å². The van der Waals surface area contributed by atoms with E-state index in [0.717, 1.165) is 16.7 Å². The van der Waals surface area contributed by atoms with E-state index in [1.807, 2.05) is 37.4 Å². The normalized spacial score (nSPS) is 11.0. The SMILES string of the molecule is CCOCCNc1nc(N)nc2ccn(Cc3ccccn3)c12. The molecule has 7 nitrogen and oxygen atoms in total. The summed E-state index contributed by atoms with van der Waals surface area (Å²) < 4.78 is 7.42. The average Bonchev–Trinajstić information content (AvgIpc) is 2.95. The molecule has 23 heavy (non-hydrogen) atoms. The van der Waals surface area contributed by atoms with Gasteiger partial charge in [-0.2, -0.15) is 4.98 Å². The van der Waals surface area contributed by atoms with Gasteiger partial charge in [0.05, 0.1) is 24.4 Å². The lowest BCUT2D eigenvalue weighted by Gasteiger charge is -2.11. The largest absolute Gasteiger partial charge is 0.380 e. The fourth-order valence-electron chi connectivity index (χ4n) is 2.43. The van der Waals surface area contributed by atoms with Crippen molar-refractivity contribution in [3.8, 4) is 0 Å². The van der Waals surface area contributed by atoms with Crippen LogP contribution in [-0.4, -0.2) is 39.3 Å². The van der Waals surface area contributed by atoms with Gasteiger partial charge in [0.15, 0.2) is 5.82 Å². The van der Waals surface area contributed by atoms with Crippen molar-refractivity contribution < 1.29 is 4.74 Å². The van der Waals surface area contributed by atoms with Crippen LogP contribution in [0.4, 0.5) is 11.8 Å².